The largest absolute Gasteiger partial charge is 0.417 e. The van der Waals surface area contributed by atoms with Crippen LogP contribution in [-0.2, 0) is 11.0 Å². The minimum atomic E-state index is -4.53. The van der Waals surface area contributed by atoms with Gasteiger partial charge in [-0.3, -0.25) is 19.3 Å². The van der Waals surface area contributed by atoms with Gasteiger partial charge in [-0.15, -0.1) is 10.2 Å². The summed E-state index contributed by atoms with van der Waals surface area (Å²) in [6.07, 6.45) is -3.68. The molecule has 0 radical (unpaired) electrons. The maximum atomic E-state index is 12.9. The summed E-state index contributed by atoms with van der Waals surface area (Å²) in [5, 5.41) is 21.1. The van der Waals surface area contributed by atoms with E-state index in [0.717, 1.165) is 28.4 Å². The van der Waals surface area contributed by atoms with Gasteiger partial charge in [-0.1, -0.05) is 17.8 Å². The number of nitrogens with one attached hydrogen (secondary N) is 1. The van der Waals surface area contributed by atoms with E-state index in [1.54, 1.807) is 13.0 Å². The molecule has 0 saturated heterocycles. The number of nitro groups is 1. The Balaban J connectivity index is 1.74. The zero-order valence-electron chi connectivity index (χ0n) is 14.2. The van der Waals surface area contributed by atoms with Gasteiger partial charge in [-0.2, -0.15) is 13.2 Å². The first-order valence-electron chi connectivity index (χ1n) is 7.75. The summed E-state index contributed by atoms with van der Waals surface area (Å²) in [6.45, 7) is 1.68. The van der Waals surface area contributed by atoms with Crippen LogP contribution < -0.4 is 5.32 Å². The van der Waals surface area contributed by atoms with Gasteiger partial charge in [0.05, 0.1) is 16.2 Å². The van der Waals surface area contributed by atoms with Crippen LogP contribution in [0.5, 0.6) is 0 Å². The van der Waals surface area contributed by atoms with Crippen LogP contribution in [0.15, 0.2) is 41.7 Å². The highest BCUT2D eigenvalue weighted by atomic mass is 32.2. The maximum Gasteiger partial charge on any atom is 0.417 e. The van der Waals surface area contributed by atoms with Crippen LogP contribution in [0.25, 0.3) is 5.65 Å². The molecule has 0 bridgehead atoms. The van der Waals surface area contributed by atoms with E-state index in [9.17, 15) is 28.1 Å². The monoisotopic (exact) mass is 411 g/mol. The van der Waals surface area contributed by atoms with Crippen molar-refractivity contribution in [3.05, 3.63) is 57.8 Å². The number of amides is 1. The van der Waals surface area contributed by atoms with Crippen LogP contribution in [-0.4, -0.2) is 31.2 Å². The average Bonchev–Trinajstić information content (AvgIpc) is 3.03. The fourth-order valence-electron chi connectivity index (χ4n) is 2.35. The SMILES string of the molecule is Cc1ccc(NC(=O)CSc2nnc3ccc(C(F)(F)F)cn23)c([N+](=O)[O-])c1. The number of aromatic nitrogens is 3. The number of anilines is 1. The third kappa shape index (κ3) is 4.22. The number of alkyl halides is 3. The molecule has 2 aromatic heterocycles. The van der Waals surface area contributed by atoms with Gasteiger partial charge in [0, 0.05) is 12.3 Å². The van der Waals surface area contributed by atoms with Crippen LogP contribution in [0.2, 0.25) is 0 Å². The number of carbonyl (C=O) groups is 1. The Morgan fingerprint density at radius 3 is 2.71 bits per heavy atom. The van der Waals surface area contributed by atoms with Crippen molar-refractivity contribution >= 4 is 34.7 Å². The molecule has 28 heavy (non-hydrogen) atoms. The van der Waals surface area contributed by atoms with Gasteiger partial charge in [0.2, 0.25) is 5.91 Å². The number of carbonyl (C=O) groups excluding carboxylic acids is 1. The van der Waals surface area contributed by atoms with Crippen molar-refractivity contribution in [1.82, 2.24) is 14.6 Å². The summed E-state index contributed by atoms with van der Waals surface area (Å²) >= 11 is 0.861. The highest BCUT2D eigenvalue weighted by molar-refractivity contribution is 7.99. The van der Waals surface area contributed by atoms with Crippen molar-refractivity contribution < 1.29 is 22.9 Å². The molecule has 0 aliphatic heterocycles. The molecule has 146 valence electrons. The normalized spacial score (nSPS) is 11.6. The van der Waals surface area contributed by atoms with E-state index in [0.29, 0.717) is 5.56 Å². The number of hydrogen-bond donors (Lipinski definition) is 1. The van der Waals surface area contributed by atoms with Crippen LogP contribution in [0.1, 0.15) is 11.1 Å². The first-order valence-corrected chi connectivity index (χ1v) is 8.73. The van der Waals surface area contributed by atoms with Crippen molar-refractivity contribution in [3.8, 4) is 0 Å². The number of aryl methyl sites for hydroxylation is 1. The Bertz CT molecular complexity index is 1070. The Morgan fingerprint density at radius 1 is 1.29 bits per heavy atom. The lowest BCUT2D eigenvalue weighted by atomic mass is 10.2. The highest BCUT2D eigenvalue weighted by Gasteiger charge is 2.31. The van der Waals surface area contributed by atoms with E-state index >= 15 is 0 Å². The number of fused-ring (bicyclic) bond motifs is 1. The van der Waals surface area contributed by atoms with Crippen molar-refractivity contribution in [1.29, 1.82) is 0 Å². The predicted molar refractivity (Wildman–Crippen MR) is 95.2 cm³/mol. The quantitative estimate of drug-likeness (QED) is 0.390. The molecule has 2 heterocycles. The predicted octanol–water partition coefficient (Wildman–Crippen LogP) is 3.70. The summed E-state index contributed by atoms with van der Waals surface area (Å²) in [5.74, 6) is -0.789. The van der Waals surface area contributed by atoms with Gasteiger partial charge < -0.3 is 5.32 Å². The number of rotatable bonds is 5. The first kappa shape index (κ1) is 19.6. The Morgan fingerprint density at radius 2 is 2.04 bits per heavy atom. The van der Waals surface area contributed by atoms with Gasteiger partial charge in [0.25, 0.3) is 5.69 Å². The molecular weight excluding hydrogens is 399 g/mol. The Hall–Kier alpha value is -3.15. The molecule has 0 spiro atoms. The third-order valence-corrected chi connectivity index (χ3v) is 4.60. The second kappa shape index (κ2) is 7.46. The molecule has 3 rings (SSSR count). The fourth-order valence-corrected chi connectivity index (χ4v) is 3.07. The van der Waals surface area contributed by atoms with Crippen LogP contribution in [0.3, 0.4) is 0 Å². The molecule has 0 aliphatic carbocycles. The summed E-state index contributed by atoms with van der Waals surface area (Å²) in [4.78, 5) is 22.6. The topological polar surface area (TPSA) is 102 Å². The lowest BCUT2D eigenvalue weighted by molar-refractivity contribution is -0.384. The second-order valence-electron chi connectivity index (χ2n) is 5.74. The smallest absolute Gasteiger partial charge is 0.320 e. The lowest BCUT2D eigenvalue weighted by Gasteiger charge is -2.08. The molecule has 8 nitrogen and oxygen atoms in total. The molecule has 0 unspecified atom stereocenters. The molecule has 12 heteroatoms. The molecule has 3 aromatic rings. The van der Waals surface area contributed by atoms with E-state index in [1.807, 2.05) is 0 Å². The number of benzene rings is 1. The number of halogens is 3. The van der Waals surface area contributed by atoms with Crippen molar-refractivity contribution in [3.63, 3.8) is 0 Å². The number of pyridine rings is 1. The zero-order chi connectivity index (χ0) is 20.5. The van der Waals surface area contributed by atoms with Gasteiger partial charge in [0.15, 0.2) is 10.8 Å². The van der Waals surface area contributed by atoms with Crippen molar-refractivity contribution in [2.45, 2.75) is 18.3 Å². The molecule has 1 aromatic carbocycles. The molecular formula is C16H12F3N5O3S. The first-order chi connectivity index (χ1) is 13.1. The minimum Gasteiger partial charge on any atom is -0.320 e. The maximum absolute atomic E-state index is 12.9. The fraction of sp³-hybridized carbons (Fsp3) is 0.188. The van der Waals surface area contributed by atoms with Crippen LogP contribution in [0.4, 0.5) is 24.5 Å². The summed E-state index contributed by atoms with van der Waals surface area (Å²) in [7, 11) is 0. The molecule has 0 aliphatic rings. The van der Waals surface area contributed by atoms with Gasteiger partial charge in [0.1, 0.15) is 5.69 Å². The minimum absolute atomic E-state index is 0.0339. The summed E-state index contributed by atoms with van der Waals surface area (Å²) in [6, 6.07) is 6.42. The van der Waals surface area contributed by atoms with Gasteiger partial charge in [-0.25, -0.2) is 0 Å². The van der Waals surface area contributed by atoms with E-state index < -0.39 is 22.6 Å². The average molecular weight is 411 g/mol. The van der Waals surface area contributed by atoms with Crippen LogP contribution >= 0.6 is 11.8 Å². The van der Waals surface area contributed by atoms with Crippen molar-refractivity contribution in [2.24, 2.45) is 0 Å². The summed E-state index contributed by atoms with van der Waals surface area (Å²) < 4.78 is 39.7. The van der Waals surface area contributed by atoms with Crippen LogP contribution in [0, 0.1) is 17.0 Å². The summed E-state index contributed by atoms with van der Waals surface area (Å²) in [5.41, 5.74) is -0.228. The zero-order valence-corrected chi connectivity index (χ0v) is 15.0. The van der Waals surface area contributed by atoms with E-state index in [1.165, 1.54) is 18.2 Å². The molecule has 0 fully saturated rings. The number of nitrogens with zero attached hydrogens (tertiary/aromatic N) is 4. The Labute approximate surface area is 159 Å². The Kier molecular flexibility index (Phi) is 5.23. The van der Waals surface area contributed by atoms with E-state index in [2.05, 4.69) is 15.5 Å². The molecule has 1 amide bonds. The van der Waals surface area contributed by atoms with Gasteiger partial charge in [-0.05, 0) is 30.7 Å². The molecule has 1 N–H and O–H groups in total. The number of nitro benzene ring substituents is 1. The van der Waals surface area contributed by atoms with E-state index in [4.69, 9.17) is 0 Å². The second-order valence-corrected chi connectivity index (χ2v) is 6.68. The molecule has 0 saturated carbocycles. The van der Waals surface area contributed by atoms with Crippen molar-refractivity contribution in [2.75, 3.05) is 11.1 Å². The lowest BCUT2D eigenvalue weighted by Crippen LogP contribution is -2.15. The highest BCUT2D eigenvalue weighted by Crippen LogP contribution is 2.30. The number of hydrogen-bond acceptors (Lipinski definition) is 6. The third-order valence-electron chi connectivity index (χ3n) is 3.65. The standard InChI is InChI=1S/C16H12F3N5O3S/c1-9-2-4-11(12(6-9)24(26)27)20-14(25)8-28-15-22-21-13-5-3-10(7-23(13)15)16(17,18)19/h2-7H,8H2,1H3,(H,20,25). The van der Waals surface area contributed by atoms with E-state index in [-0.39, 0.29) is 27.9 Å². The molecule has 0 atom stereocenters. The van der Waals surface area contributed by atoms with Gasteiger partial charge >= 0.3 is 6.18 Å². The number of thioether (sulfide) groups is 1.